The van der Waals surface area contributed by atoms with Crippen LogP contribution < -0.4 is 9.64 Å². The van der Waals surface area contributed by atoms with Gasteiger partial charge in [-0.3, -0.25) is 14.5 Å². The third-order valence-electron chi connectivity index (χ3n) is 5.70. The van der Waals surface area contributed by atoms with Crippen LogP contribution >= 0.6 is 11.6 Å². The summed E-state index contributed by atoms with van der Waals surface area (Å²) in [5, 5.41) is 21.4. The molecule has 3 aromatic carbocycles. The lowest BCUT2D eigenvalue weighted by Gasteiger charge is -2.26. The average Bonchev–Trinajstić information content (AvgIpc) is 3.05. The van der Waals surface area contributed by atoms with Crippen molar-refractivity contribution in [2.75, 3.05) is 4.90 Å². The van der Waals surface area contributed by atoms with Crippen molar-refractivity contribution in [2.24, 2.45) is 0 Å². The van der Waals surface area contributed by atoms with Crippen molar-refractivity contribution >= 4 is 34.7 Å². The molecule has 1 aliphatic heterocycles. The van der Waals surface area contributed by atoms with Crippen molar-refractivity contribution in [3.8, 4) is 11.5 Å². The second-order valence-electron chi connectivity index (χ2n) is 8.92. The molecule has 1 fully saturated rings. The molecule has 6 nitrogen and oxygen atoms in total. The minimum atomic E-state index is -0.955. The SMILES string of the molecule is Cc1cc(C)cc(N2C(=O)C(=O)/C(=C(\O)c3cccc(OC(C)C)c3)C2c2ccc(O)c(Cl)c2)c1. The Morgan fingerprint density at radius 2 is 1.69 bits per heavy atom. The molecule has 3 aromatic rings. The maximum atomic E-state index is 13.3. The molecule has 1 saturated heterocycles. The van der Waals surface area contributed by atoms with Crippen molar-refractivity contribution in [1.29, 1.82) is 0 Å². The third-order valence-corrected chi connectivity index (χ3v) is 6.00. The molecule has 35 heavy (non-hydrogen) atoms. The highest BCUT2D eigenvalue weighted by Crippen LogP contribution is 2.44. The molecule has 4 rings (SSSR count). The molecule has 1 atom stereocenters. The number of amides is 1. The van der Waals surface area contributed by atoms with Gasteiger partial charge in [-0.15, -0.1) is 0 Å². The number of ether oxygens (including phenoxy) is 1. The van der Waals surface area contributed by atoms with Crippen LogP contribution in [0.3, 0.4) is 0 Å². The summed E-state index contributed by atoms with van der Waals surface area (Å²) in [5.74, 6) is -1.50. The number of anilines is 1. The van der Waals surface area contributed by atoms with Gasteiger partial charge < -0.3 is 14.9 Å². The number of halogens is 1. The van der Waals surface area contributed by atoms with E-state index < -0.39 is 17.7 Å². The number of carbonyl (C=O) groups is 2. The minimum Gasteiger partial charge on any atom is -0.507 e. The predicted octanol–water partition coefficient (Wildman–Crippen LogP) is 6.08. The molecule has 1 unspecified atom stereocenters. The van der Waals surface area contributed by atoms with Gasteiger partial charge in [0.2, 0.25) is 0 Å². The molecule has 0 radical (unpaired) electrons. The fourth-order valence-electron chi connectivity index (χ4n) is 4.34. The molecule has 2 N–H and O–H groups in total. The molecule has 0 aliphatic carbocycles. The maximum Gasteiger partial charge on any atom is 0.300 e. The zero-order chi connectivity index (χ0) is 25.4. The second kappa shape index (κ2) is 9.47. The highest BCUT2D eigenvalue weighted by atomic mass is 35.5. The third kappa shape index (κ3) is 4.75. The van der Waals surface area contributed by atoms with Crippen LogP contribution in [0.25, 0.3) is 5.76 Å². The number of Topliss-reactive ketones (excluding diaryl/α,β-unsaturated/α-hetero) is 1. The number of aliphatic hydroxyl groups excluding tert-OH is 1. The fraction of sp³-hybridized carbons (Fsp3) is 0.214. The number of benzene rings is 3. The Morgan fingerprint density at radius 3 is 2.31 bits per heavy atom. The quantitative estimate of drug-likeness (QED) is 0.257. The van der Waals surface area contributed by atoms with E-state index in [1.54, 1.807) is 30.3 Å². The first-order valence-electron chi connectivity index (χ1n) is 11.2. The van der Waals surface area contributed by atoms with Crippen LogP contribution in [0.4, 0.5) is 5.69 Å². The van der Waals surface area contributed by atoms with Gasteiger partial charge in [0.05, 0.1) is 22.7 Å². The highest BCUT2D eigenvalue weighted by Gasteiger charge is 2.47. The maximum absolute atomic E-state index is 13.3. The van der Waals surface area contributed by atoms with E-state index in [9.17, 15) is 19.8 Å². The average molecular weight is 492 g/mol. The van der Waals surface area contributed by atoms with Crippen LogP contribution in [-0.4, -0.2) is 28.0 Å². The largest absolute Gasteiger partial charge is 0.507 e. The Kier molecular flexibility index (Phi) is 6.59. The van der Waals surface area contributed by atoms with Gasteiger partial charge in [-0.25, -0.2) is 0 Å². The molecular weight excluding hydrogens is 466 g/mol. The number of nitrogens with zero attached hydrogens (tertiary/aromatic N) is 1. The van der Waals surface area contributed by atoms with Crippen LogP contribution in [0.2, 0.25) is 5.02 Å². The number of aryl methyl sites for hydroxylation is 2. The lowest BCUT2D eigenvalue weighted by molar-refractivity contribution is -0.132. The van der Waals surface area contributed by atoms with Crippen molar-refractivity contribution in [2.45, 2.75) is 39.8 Å². The first-order chi connectivity index (χ1) is 16.6. The van der Waals surface area contributed by atoms with Gasteiger partial charge in [0.15, 0.2) is 0 Å². The van der Waals surface area contributed by atoms with Crippen LogP contribution in [0.1, 0.15) is 42.1 Å². The highest BCUT2D eigenvalue weighted by molar-refractivity contribution is 6.51. The number of phenols is 1. The number of hydrogen-bond acceptors (Lipinski definition) is 5. The summed E-state index contributed by atoms with van der Waals surface area (Å²) in [5.41, 5.74) is 3.11. The molecule has 180 valence electrons. The molecule has 0 spiro atoms. The fourth-order valence-corrected chi connectivity index (χ4v) is 4.53. The zero-order valence-electron chi connectivity index (χ0n) is 19.9. The smallest absolute Gasteiger partial charge is 0.300 e. The van der Waals surface area contributed by atoms with Crippen molar-refractivity contribution < 1.29 is 24.5 Å². The van der Waals surface area contributed by atoms with Gasteiger partial charge in [-0.05, 0) is 80.8 Å². The van der Waals surface area contributed by atoms with E-state index in [-0.39, 0.29) is 28.2 Å². The second-order valence-corrected chi connectivity index (χ2v) is 9.33. The first kappa shape index (κ1) is 24.4. The van der Waals surface area contributed by atoms with Gasteiger partial charge >= 0.3 is 0 Å². The summed E-state index contributed by atoms with van der Waals surface area (Å²) in [6.45, 7) is 7.58. The van der Waals surface area contributed by atoms with Crippen molar-refractivity contribution in [3.63, 3.8) is 0 Å². The monoisotopic (exact) mass is 491 g/mol. The topological polar surface area (TPSA) is 87.1 Å². The van der Waals surface area contributed by atoms with E-state index in [4.69, 9.17) is 16.3 Å². The number of aromatic hydroxyl groups is 1. The number of aliphatic hydroxyl groups is 1. The van der Waals surface area contributed by atoms with Gasteiger partial charge in [-0.1, -0.05) is 35.9 Å². The summed E-state index contributed by atoms with van der Waals surface area (Å²) in [6, 6.07) is 15.8. The van der Waals surface area contributed by atoms with E-state index in [1.165, 1.54) is 17.0 Å². The van der Waals surface area contributed by atoms with Gasteiger partial charge in [-0.2, -0.15) is 0 Å². The number of hydrogen-bond donors (Lipinski definition) is 2. The predicted molar refractivity (Wildman–Crippen MR) is 136 cm³/mol. The van der Waals surface area contributed by atoms with Gasteiger partial charge in [0, 0.05) is 11.3 Å². The summed E-state index contributed by atoms with van der Waals surface area (Å²) in [4.78, 5) is 28.1. The molecule has 7 heteroatoms. The Morgan fingerprint density at radius 1 is 1.00 bits per heavy atom. The van der Waals surface area contributed by atoms with Crippen LogP contribution in [0.5, 0.6) is 11.5 Å². The normalized spacial score (nSPS) is 17.3. The van der Waals surface area contributed by atoms with Crippen LogP contribution in [-0.2, 0) is 9.59 Å². The number of phenolic OH excluding ortho intramolecular Hbond substituents is 1. The summed E-state index contributed by atoms with van der Waals surface area (Å²) >= 11 is 6.19. The van der Waals surface area contributed by atoms with Crippen molar-refractivity contribution in [3.05, 3.63) is 93.5 Å². The Bertz CT molecular complexity index is 1340. The zero-order valence-corrected chi connectivity index (χ0v) is 20.6. The molecule has 1 aliphatic rings. The van der Waals surface area contributed by atoms with Crippen molar-refractivity contribution in [1.82, 2.24) is 0 Å². The molecule has 1 amide bonds. The van der Waals surface area contributed by atoms with E-state index >= 15 is 0 Å². The molecule has 0 saturated carbocycles. The van der Waals surface area contributed by atoms with Gasteiger partial charge in [0.1, 0.15) is 17.3 Å². The van der Waals surface area contributed by atoms with E-state index in [0.717, 1.165) is 11.1 Å². The lowest BCUT2D eigenvalue weighted by atomic mass is 9.94. The number of carbonyl (C=O) groups excluding carboxylic acids is 2. The number of ketones is 1. The molecular formula is C28H26ClNO5. The summed E-state index contributed by atoms with van der Waals surface area (Å²) in [7, 11) is 0. The van der Waals surface area contributed by atoms with E-state index in [1.807, 2.05) is 45.9 Å². The standard InChI is InChI=1S/C28H26ClNO5/c1-15(2)35-21-7-5-6-19(13-21)26(32)24-25(18-8-9-23(31)22(29)14-18)30(28(34)27(24)33)20-11-16(3)10-17(4)12-20/h5-15,25,31-32H,1-4H3/b26-24-. The Hall–Kier alpha value is -3.77. The first-order valence-corrected chi connectivity index (χ1v) is 11.6. The van der Waals surface area contributed by atoms with E-state index in [0.29, 0.717) is 22.6 Å². The molecule has 0 aromatic heterocycles. The number of rotatable bonds is 5. The Labute approximate surface area is 209 Å². The van der Waals surface area contributed by atoms with Gasteiger partial charge in [0.25, 0.3) is 11.7 Å². The van der Waals surface area contributed by atoms with E-state index in [2.05, 4.69) is 0 Å². The molecule has 1 heterocycles. The summed E-state index contributed by atoms with van der Waals surface area (Å²) in [6.07, 6.45) is -0.0818. The minimum absolute atomic E-state index is 0.0702. The van der Waals surface area contributed by atoms with Crippen LogP contribution in [0, 0.1) is 13.8 Å². The van der Waals surface area contributed by atoms with Crippen LogP contribution in [0.15, 0.2) is 66.2 Å². The molecule has 0 bridgehead atoms. The summed E-state index contributed by atoms with van der Waals surface area (Å²) < 4.78 is 5.73. The lowest BCUT2D eigenvalue weighted by Crippen LogP contribution is -2.29. The Balaban J connectivity index is 1.95.